The van der Waals surface area contributed by atoms with Crippen molar-refractivity contribution in [2.75, 3.05) is 19.0 Å². The number of ether oxygens (including phenoxy) is 1. The molecule has 0 aromatic heterocycles. The highest BCUT2D eigenvalue weighted by molar-refractivity contribution is 5.63. The largest absolute Gasteiger partial charge is 0.497 e. The Labute approximate surface area is 84.3 Å². The van der Waals surface area contributed by atoms with Gasteiger partial charge in [-0.1, -0.05) is 6.42 Å². The first-order valence-corrected chi connectivity index (χ1v) is 5.26. The number of nitrogens with one attached hydrogen (secondary N) is 1. The molecule has 1 saturated carbocycles. The zero-order valence-corrected chi connectivity index (χ0v) is 8.47. The molecule has 1 aromatic rings. The summed E-state index contributed by atoms with van der Waals surface area (Å²) in [5, 5.41) is 3.49. The number of anilines is 1. The second kappa shape index (κ2) is 2.66. The lowest BCUT2D eigenvalue weighted by molar-refractivity contribution is 0.271. The molecule has 3 rings (SSSR count). The Morgan fingerprint density at radius 2 is 2.21 bits per heavy atom. The van der Waals surface area contributed by atoms with Crippen LogP contribution in [-0.2, 0) is 5.41 Å². The van der Waals surface area contributed by atoms with Gasteiger partial charge in [0.1, 0.15) is 5.75 Å². The van der Waals surface area contributed by atoms with E-state index in [1.807, 2.05) is 6.07 Å². The first kappa shape index (κ1) is 8.16. The Bertz CT molecular complexity index is 369. The second-order valence-corrected chi connectivity index (χ2v) is 4.40. The van der Waals surface area contributed by atoms with E-state index < -0.39 is 0 Å². The summed E-state index contributed by atoms with van der Waals surface area (Å²) in [5.74, 6) is 0.985. The van der Waals surface area contributed by atoms with Crippen LogP contribution in [0.5, 0.6) is 5.75 Å². The molecule has 0 saturated heterocycles. The van der Waals surface area contributed by atoms with Crippen LogP contribution in [0.15, 0.2) is 18.2 Å². The number of hydrogen-bond donors (Lipinski definition) is 1. The molecule has 2 aliphatic rings. The summed E-state index contributed by atoms with van der Waals surface area (Å²) in [4.78, 5) is 0. The zero-order valence-electron chi connectivity index (χ0n) is 8.47. The van der Waals surface area contributed by atoms with E-state index in [9.17, 15) is 0 Å². The predicted molar refractivity (Wildman–Crippen MR) is 57.0 cm³/mol. The average molecular weight is 189 g/mol. The van der Waals surface area contributed by atoms with Gasteiger partial charge in [-0.3, -0.25) is 0 Å². The molecular formula is C12H15NO. The van der Waals surface area contributed by atoms with Gasteiger partial charge >= 0.3 is 0 Å². The minimum Gasteiger partial charge on any atom is -0.497 e. The number of hydrogen-bond acceptors (Lipinski definition) is 2. The molecule has 1 heterocycles. The summed E-state index contributed by atoms with van der Waals surface area (Å²) in [7, 11) is 1.73. The van der Waals surface area contributed by atoms with Gasteiger partial charge in [-0.15, -0.1) is 0 Å². The fourth-order valence-corrected chi connectivity index (χ4v) is 2.65. The highest BCUT2D eigenvalue weighted by Crippen LogP contribution is 2.50. The van der Waals surface area contributed by atoms with E-state index in [1.54, 1.807) is 7.11 Å². The molecule has 0 unspecified atom stereocenters. The predicted octanol–water partition coefficient (Wildman–Crippen LogP) is 2.54. The minimum atomic E-state index is 0.448. The van der Waals surface area contributed by atoms with Crippen LogP contribution >= 0.6 is 0 Å². The maximum absolute atomic E-state index is 5.27. The highest BCUT2D eigenvalue weighted by atomic mass is 16.5. The standard InChI is InChI=1S/C12H15NO/c1-14-9-3-4-11-10(7-9)12(8-13-11)5-2-6-12/h3-4,7,13H,2,5-6,8H2,1H3. The van der Waals surface area contributed by atoms with Crippen LogP contribution in [-0.4, -0.2) is 13.7 Å². The van der Waals surface area contributed by atoms with Gasteiger partial charge in [0.25, 0.3) is 0 Å². The number of rotatable bonds is 1. The third-order valence-corrected chi connectivity index (χ3v) is 3.73. The Morgan fingerprint density at radius 1 is 1.36 bits per heavy atom. The number of methoxy groups -OCH3 is 1. The molecule has 14 heavy (non-hydrogen) atoms. The van der Waals surface area contributed by atoms with E-state index in [0.29, 0.717) is 5.41 Å². The SMILES string of the molecule is COc1ccc2c(c1)C1(CCC1)CN2. The maximum atomic E-state index is 5.27. The van der Waals surface area contributed by atoms with E-state index in [1.165, 1.54) is 30.5 Å². The van der Waals surface area contributed by atoms with Crippen molar-refractivity contribution < 1.29 is 4.74 Å². The number of fused-ring (bicyclic) bond motifs is 2. The molecule has 2 heteroatoms. The Hall–Kier alpha value is -1.18. The van der Waals surface area contributed by atoms with Gasteiger partial charge in [0.05, 0.1) is 7.11 Å². The smallest absolute Gasteiger partial charge is 0.119 e. The summed E-state index contributed by atoms with van der Waals surface area (Å²) in [6.45, 7) is 1.12. The summed E-state index contributed by atoms with van der Waals surface area (Å²) in [6, 6.07) is 6.37. The zero-order chi connectivity index (χ0) is 9.60. The van der Waals surface area contributed by atoms with E-state index in [0.717, 1.165) is 12.3 Å². The first-order chi connectivity index (χ1) is 6.84. The van der Waals surface area contributed by atoms with Crippen molar-refractivity contribution in [2.45, 2.75) is 24.7 Å². The molecule has 0 atom stereocenters. The lowest BCUT2D eigenvalue weighted by Gasteiger charge is -2.38. The molecule has 1 aromatic carbocycles. The van der Waals surface area contributed by atoms with Crippen molar-refractivity contribution in [3.63, 3.8) is 0 Å². The molecule has 0 radical (unpaired) electrons. The minimum absolute atomic E-state index is 0.448. The van der Waals surface area contributed by atoms with Crippen LogP contribution in [0, 0.1) is 0 Å². The van der Waals surface area contributed by atoms with Crippen LogP contribution in [0.25, 0.3) is 0 Å². The van der Waals surface area contributed by atoms with Crippen molar-refractivity contribution in [3.8, 4) is 5.75 Å². The molecule has 74 valence electrons. The van der Waals surface area contributed by atoms with Gasteiger partial charge in [0.2, 0.25) is 0 Å². The Morgan fingerprint density at radius 3 is 2.86 bits per heavy atom. The summed E-state index contributed by atoms with van der Waals surface area (Å²) in [6.07, 6.45) is 4.04. The van der Waals surface area contributed by atoms with E-state index >= 15 is 0 Å². The summed E-state index contributed by atoms with van der Waals surface area (Å²) in [5.41, 5.74) is 3.23. The van der Waals surface area contributed by atoms with Crippen LogP contribution < -0.4 is 10.1 Å². The van der Waals surface area contributed by atoms with Crippen molar-refractivity contribution in [3.05, 3.63) is 23.8 Å². The maximum Gasteiger partial charge on any atom is 0.119 e. The molecule has 0 amide bonds. The fraction of sp³-hybridized carbons (Fsp3) is 0.500. The van der Waals surface area contributed by atoms with Crippen molar-refractivity contribution in [2.24, 2.45) is 0 Å². The topological polar surface area (TPSA) is 21.3 Å². The summed E-state index contributed by atoms with van der Waals surface area (Å²) < 4.78 is 5.27. The lowest BCUT2D eigenvalue weighted by Crippen LogP contribution is -2.35. The molecule has 1 fully saturated rings. The van der Waals surface area contributed by atoms with Gasteiger partial charge in [-0.05, 0) is 36.6 Å². The monoisotopic (exact) mass is 189 g/mol. The second-order valence-electron chi connectivity index (χ2n) is 4.40. The van der Waals surface area contributed by atoms with E-state index in [4.69, 9.17) is 4.74 Å². The first-order valence-electron chi connectivity index (χ1n) is 5.26. The molecule has 1 spiro atoms. The average Bonchev–Trinajstić information content (AvgIpc) is 2.55. The van der Waals surface area contributed by atoms with E-state index in [2.05, 4.69) is 17.4 Å². The molecular weight excluding hydrogens is 174 g/mol. The van der Waals surface area contributed by atoms with Crippen LogP contribution in [0.3, 0.4) is 0 Å². The molecule has 1 aliphatic heterocycles. The van der Waals surface area contributed by atoms with Crippen LogP contribution in [0.1, 0.15) is 24.8 Å². The third kappa shape index (κ3) is 0.912. The Balaban J connectivity index is 2.08. The lowest BCUT2D eigenvalue weighted by atomic mass is 9.66. The quantitative estimate of drug-likeness (QED) is 0.733. The molecule has 0 bridgehead atoms. The Kier molecular flexibility index (Phi) is 1.55. The molecule has 1 N–H and O–H groups in total. The number of benzene rings is 1. The van der Waals surface area contributed by atoms with E-state index in [-0.39, 0.29) is 0 Å². The van der Waals surface area contributed by atoms with Gasteiger partial charge in [0.15, 0.2) is 0 Å². The fourth-order valence-electron chi connectivity index (χ4n) is 2.65. The normalized spacial score (nSPS) is 21.2. The van der Waals surface area contributed by atoms with Gasteiger partial charge in [0, 0.05) is 17.6 Å². The molecule has 1 aliphatic carbocycles. The highest BCUT2D eigenvalue weighted by Gasteiger charge is 2.43. The van der Waals surface area contributed by atoms with Crippen LogP contribution in [0.4, 0.5) is 5.69 Å². The van der Waals surface area contributed by atoms with Gasteiger partial charge in [-0.25, -0.2) is 0 Å². The van der Waals surface area contributed by atoms with Gasteiger partial charge < -0.3 is 10.1 Å². The van der Waals surface area contributed by atoms with Crippen molar-refractivity contribution in [1.82, 2.24) is 0 Å². The van der Waals surface area contributed by atoms with Crippen molar-refractivity contribution >= 4 is 5.69 Å². The molecule has 2 nitrogen and oxygen atoms in total. The third-order valence-electron chi connectivity index (χ3n) is 3.73. The van der Waals surface area contributed by atoms with Gasteiger partial charge in [-0.2, -0.15) is 0 Å². The summed E-state index contributed by atoms with van der Waals surface area (Å²) >= 11 is 0. The van der Waals surface area contributed by atoms with Crippen LogP contribution in [0.2, 0.25) is 0 Å². The van der Waals surface area contributed by atoms with Crippen molar-refractivity contribution in [1.29, 1.82) is 0 Å².